The molecule has 0 radical (unpaired) electrons. The highest BCUT2D eigenvalue weighted by atomic mass is 15.0. The van der Waals surface area contributed by atoms with Crippen LogP contribution < -0.4 is 5.32 Å². The highest BCUT2D eigenvalue weighted by Crippen LogP contribution is 2.42. The van der Waals surface area contributed by atoms with E-state index >= 15 is 0 Å². The number of nitrogens with one attached hydrogen (secondary N) is 1. The van der Waals surface area contributed by atoms with Gasteiger partial charge in [-0.2, -0.15) is 0 Å². The molecule has 3 nitrogen and oxygen atoms in total. The van der Waals surface area contributed by atoms with Gasteiger partial charge in [0.1, 0.15) is 0 Å². The summed E-state index contributed by atoms with van der Waals surface area (Å²) in [5.74, 6) is 0. The molecule has 2 aromatic heterocycles. The summed E-state index contributed by atoms with van der Waals surface area (Å²) in [6.07, 6.45) is 0. The minimum Gasteiger partial charge on any atom is -0.353 e. The van der Waals surface area contributed by atoms with Crippen LogP contribution in [0, 0.1) is 0 Å². The van der Waals surface area contributed by atoms with Crippen LogP contribution in [-0.2, 0) is 0 Å². The first kappa shape index (κ1) is 29.1. The first-order chi connectivity index (χ1) is 25.3. The van der Waals surface area contributed by atoms with E-state index in [1.165, 1.54) is 54.7 Å². The van der Waals surface area contributed by atoms with E-state index in [4.69, 9.17) is 0 Å². The van der Waals surface area contributed by atoms with E-state index in [0.717, 1.165) is 33.9 Å². The standard InChI is InChI=1S/C48H33N3/c1-3-14-33(15-4-1)34-26-29-36(30-27-34)49-48-38(21-13-25-46(48)51-44-23-11-8-18-39(44)40-19-9-12-24-45(40)51)35-28-31-42-41-20-7-10-22-43(41)50(47(42)32-35)37-16-5-2-6-17-37/h1-32,49H. The number of hydrogen-bond donors (Lipinski definition) is 1. The van der Waals surface area contributed by atoms with Crippen LogP contribution in [0.3, 0.4) is 0 Å². The highest BCUT2D eigenvalue weighted by molar-refractivity contribution is 6.12. The van der Waals surface area contributed by atoms with Crippen molar-refractivity contribution in [3.8, 4) is 33.6 Å². The molecule has 10 aromatic rings. The van der Waals surface area contributed by atoms with Crippen molar-refractivity contribution in [2.45, 2.75) is 0 Å². The lowest BCUT2D eigenvalue weighted by molar-refractivity contribution is 1.18. The van der Waals surface area contributed by atoms with Gasteiger partial charge in [-0.25, -0.2) is 0 Å². The lowest BCUT2D eigenvalue weighted by atomic mass is 9.99. The molecule has 0 aliphatic rings. The molecular weight excluding hydrogens is 619 g/mol. The van der Waals surface area contributed by atoms with Gasteiger partial charge < -0.3 is 14.5 Å². The van der Waals surface area contributed by atoms with Gasteiger partial charge in [0.05, 0.1) is 33.4 Å². The third kappa shape index (κ3) is 4.82. The summed E-state index contributed by atoms with van der Waals surface area (Å²) in [4.78, 5) is 0. The van der Waals surface area contributed by atoms with Crippen molar-refractivity contribution in [2.75, 3.05) is 5.32 Å². The Labute approximate surface area is 296 Å². The molecule has 0 saturated heterocycles. The Morgan fingerprint density at radius 1 is 0.333 bits per heavy atom. The lowest BCUT2D eigenvalue weighted by Crippen LogP contribution is -2.03. The Balaban J connectivity index is 1.22. The fourth-order valence-corrected chi connectivity index (χ4v) is 7.79. The third-order valence-electron chi connectivity index (χ3n) is 10.1. The van der Waals surface area contributed by atoms with Crippen LogP contribution in [0.1, 0.15) is 0 Å². The molecule has 240 valence electrons. The smallest absolute Gasteiger partial charge is 0.0708 e. The Hall–Kier alpha value is -6.84. The lowest BCUT2D eigenvalue weighted by Gasteiger charge is -2.20. The van der Waals surface area contributed by atoms with Gasteiger partial charge in [-0.1, -0.05) is 140 Å². The third-order valence-corrected chi connectivity index (χ3v) is 10.1. The van der Waals surface area contributed by atoms with Crippen LogP contribution >= 0.6 is 0 Å². The number of para-hydroxylation sites is 5. The summed E-state index contributed by atoms with van der Waals surface area (Å²) in [5.41, 5.74) is 13.7. The van der Waals surface area contributed by atoms with E-state index in [1.54, 1.807) is 0 Å². The summed E-state index contributed by atoms with van der Waals surface area (Å²) >= 11 is 0. The molecule has 0 amide bonds. The van der Waals surface area contributed by atoms with Crippen molar-refractivity contribution in [2.24, 2.45) is 0 Å². The molecule has 0 spiro atoms. The maximum atomic E-state index is 3.93. The van der Waals surface area contributed by atoms with Gasteiger partial charge in [0.2, 0.25) is 0 Å². The molecule has 1 N–H and O–H groups in total. The van der Waals surface area contributed by atoms with Gasteiger partial charge in [0.25, 0.3) is 0 Å². The van der Waals surface area contributed by atoms with Crippen molar-refractivity contribution < 1.29 is 0 Å². The molecular formula is C48H33N3. The summed E-state index contributed by atoms with van der Waals surface area (Å²) in [5, 5.41) is 8.90. The topological polar surface area (TPSA) is 21.9 Å². The molecule has 51 heavy (non-hydrogen) atoms. The Morgan fingerprint density at radius 3 is 1.49 bits per heavy atom. The molecule has 3 heteroatoms. The van der Waals surface area contributed by atoms with Crippen molar-refractivity contribution >= 4 is 55.0 Å². The second-order valence-corrected chi connectivity index (χ2v) is 13.1. The zero-order valence-corrected chi connectivity index (χ0v) is 27.9. The highest BCUT2D eigenvalue weighted by Gasteiger charge is 2.19. The zero-order chi connectivity index (χ0) is 33.7. The Kier molecular flexibility index (Phi) is 6.81. The van der Waals surface area contributed by atoms with Crippen LogP contribution in [0.25, 0.3) is 77.2 Å². The van der Waals surface area contributed by atoms with Gasteiger partial charge in [-0.15, -0.1) is 0 Å². The number of rotatable bonds is 6. The second-order valence-electron chi connectivity index (χ2n) is 13.1. The Bertz CT molecular complexity index is 2810. The van der Waals surface area contributed by atoms with Crippen LogP contribution in [-0.4, -0.2) is 9.13 Å². The average molecular weight is 652 g/mol. The minimum absolute atomic E-state index is 1.03. The molecule has 2 heterocycles. The molecule has 0 bridgehead atoms. The quantitative estimate of drug-likeness (QED) is 0.190. The first-order valence-corrected chi connectivity index (χ1v) is 17.4. The van der Waals surface area contributed by atoms with Gasteiger partial charge in [0.15, 0.2) is 0 Å². The number of benzene rings is 8. The number of nitrogens with zero attached hydrogens (tertiary/aromatic N) is 2. The maximum absolute atomic E-state index is 3.93. The monoisotopic (exact) mass is 651 g/mol. The summed E-state index contributed by atoms with van der Waals surface area (Å²) in [6.45, 7) is 0. The molecule has 0 atom stereocenters. The van der Waals surface area contributed by atoms with E-state index in [2.05, 4.69) is 209 Å². The molecule has 0 fully saturated rings. The average Bonchev–Trinajstić information content (AvgIpc) is 3.71. The van der Waals surface area contributed by atoms with E-state index in [0.29, 0.717) is 0 Å². The van der Waals surface area contributed by atoms with Gasteiger partial charge >= 0.3 is 0 Å². The maximum Gasteiger partial charge on any atom is 0.0708 e. The molecule has 0 saturated carbocycles. The Morgan fingerprint density at radius 2 is 0.843 bits per heavy atom. The van der Waals surface area contributed by atoms with Crippen LogP contribution in [0.5, 0.6) is 0 Å². The van der Waals surface area contributed by atoms with Gasteiger partial charge in [-0.05, 0) is 71.3 Å². The van der Waals surface area contributed by atoms with Gasteiger partial charge in [0, 0.05) is 38.5 Å². The molecule has 0 aliphatic carbocycles. The van der Waals surface area contributed by atoms with Crippen LogP contribution in [0.4, 0.5) is 11.4 Å². The normalized spacial score (nSPS) is 11.5. The zero-order valence-electron chi connectivity index (χ0n) is 27.9. The molecule has 8 aromatic carbocycles. The minimum atomic E-state index is 1.03. The van der Waals surface area contributed by atoms with Crippen molar-refractivity contribution in [1.29, 1.82) is 0 Å². The fourth-order valence-electron chi connectivity index (χ4n) is 7.79. The van der Waals surface area contributed by atoms with Gasteiger partial charge in [-0.3, -0.25) is 0 Å². The first-order valence-electron chi connectivity index (χ1n) is 17.4. The summed E-state index contributed by atoms with van der Waals surface area (Å²) < 4.78 is 4.80. The summed E-state index contributed by atoms with van der Waals surface area (Å²) in [7, 11) is 0. The van der Waals surface area contributed by atoms with Crippen LogP contribution in [0.2, 0.25) is 0 Å². The SMILES string of the molecule is c1ccc(-c2ccc(Nc3c(-c4ccc5c6ccccc6n(-c6ccccc6)c5c4)cccc3-n3c4ccccc4c4ccccc43)cc2)cc1. The van der Waals surface area contributed by atoms with Crippen molar-refractivity contribution in [1.82, 2.24) is 9.13 Å². The van der Waals surface area contributed by atoms with E-state index < -0.39 is 0 Å². The van der Waals surface area contributed by atoms with Crippen LogP contribution in [0.15, 0.2) is 194 Å². The van der Waals surface area contributed by atoms with E-state index in [-0.39, 0.29) is 0 Å². The number of anilines is 2. The van der Waals surface area contributed by atoms with E-state index in [9.17, 15) is 0 Å². The molecule has 0 aliphatic heterocycles. The van der Waals surface area contributed by atoms with Crippen molar-refractivity contribution in [3.05, 3.63) is 194 Å². The molecule has 10 rings (SSSR count). The van der Waals surface area contributed by atoms with Crippen molar-refractivity contribution in [3.63, 3.8) is 0 Å². The predicted octanol–water partition coefficient (Wildman–Crippen LogP) is 13.0. The molecule has 0 unspecified atom stereocenters. The van der Waals surface area contributed by atoms with E-state index in [1.807, 2.05) is 0 Å². The number of aromatic nitrogens is 2. The largest absolute Gasteiger partial charge is 0.353 e. The predicted molar refractivity (Wildman–Crippen MR) is 216 cm³/mol. The fraction of sp³-hybridized carbons (Fsp3) is 0. The second kappa shape index (κ2) is 11.9. The number of hydrogen-bond acceptors (Lipinski definition) is 1. The summed E-state index contributed by atoms with van der Waals surface area (Å²) in [6, 6.07) is 69.7. The number of fused-ring (bicyclic) bond motifs is 6.